The Bertz CT molecular complexity index is 791. The number of nitrogens with zero attached hydrogens (tertiary/aromatic N) is 2. The smallest absolute Gasteiger partial charge is 0.251 e. The van der Waals surface area contributed by atoms with Crippen molar-refractivity contribution >= 4 is 17.7 Å². The maximum atomic E-state index is 12.7. The van der Waals surface area contributed by atoms with E-state index in [-0.39, 0.29) is 36.3 Å². The summed E-state index contributed by atoms with van der Waals surface area (Å²) in [5.41, 5.74) is 1.58. The normalized spacial score (nSPS) is 29.7. The van der Waals surface area contributed by atoms with Gasteiger partial charge in [0.15, 0.2) is 0 Å². The fraction of sp³-hybridized carbons (Fsp3) is 0.609. The van der Waals surface area contributed by atoms with Crippen molar-refractivity contribution in [2.75, 3.05) is 13.1 Å². The molecule has 0 aromatic heterocycles. The summed E-state index contributed by atoms with van der Waals surface area (Å²) < 4.78 is 0. The second-order valence-electron chi connectivity index (χ2n) is 8.98. The van der Waals surface area contributed by atoms with E-state index < -0.39 is 0 Å². The van der Waals surface area contributed by atoms with Crippen molar-refractivity contribution < 1.29 is 14.4 Å². The lowest BCUT2D eigenvalue weighted by Crippen LogP contribution is -2.56. The van der Waals surface area contributed by atoms with Gasteiger partial charge in [0.1, 0.15) is 12.6 Å². The predicted octanol–water partition coefficient (Wildman–Crippen LogP) is 2.57. The first-order valence-electron chi connectivity index (χ1n) is 10.9. The zero-order chi connectivity index (χ0) is 20.5. The van der Waals surface area contributed by atoms with Gasteiger partial charge in [-0.25, -0.2) is 0 Å². The monoisotopic (exact) mass is 397 g/mol. The molecule has 0 unspecified atom stereocenters. The zero-order valence-electron chi connectivity index (χ0n) is 17.4. The van der Waals surface area contributed by atoms with Gasteiger partial charge in [-0.05, 0) is 48.8 Å². The summed E-state index contributed by atoms with van der Waals surface area (Å²) in [5, 5.41) is 3.20. The molecule has 2 heterocycles. The summed E-state index contributed by atoms with van der Waals surface area (Å²) in [4.78, 5) is 41.0. The lowest BCUT2D eigenvalue weighted by Gasteiger charge is -2.36. The molecule has 0 radical (unpaired) electrons. The Morgan fingerprint density at radius 1 is 1.07 bits per heavy atom. The minimum absolute atomic E-state index is 0.0340. The number of benzene rings is 1. The molecule has 3 aliphatic rings. The van der Waals surface area contributed by atoms with Gasteiger partial charge < -0.3 is 15.1 Å². The summed E-state index contributed by atoms with van der Waals surface area (Å²) in [6, 6.07) is 7.37. The van der Waals surface area contributed by atoms with Crippen molar-refractivity contribution in [1.82, 2.24) is 15.1 Å². The lowest BCUT2D eigenvalue weighted by atomic mass is 9.78. The first-order chi connectivity index (χ1) is 13.9. The molecule has 1 aromatic carbocycles. The molecule has 6 nitrogen and oxygen atoms in total. The van der Waals surface area contributed by atoms with Crippen LogP contribution in [0.2, 0.25) is 0 Å². The van der Waals surface area contributed by atoms with Crippen LogP contribution >= 0.6 is 0 Å². The van der Waals surface area contributed by atoms with Gasteiger partial charge >= 0.3 is 0 Å². The Hall–Kier alpha value is -2.37. The Morgan fingerprint density at radius 2 is 1.83 bits per heavy atom. The van der Waals surface area contributed by atoms with Crippen LogP contribution in [-0.4, -0.2) is 52.7 Å². The third kappa shape index (κ3) is 4.02. The first-order valence-corrected chi connectivity index (χ1v) is 10.9. The van der Waals surface area contributed by atoms with E-state index in [4.69, 9.17) is 0 Å². The number of piperazine rings is 1. The Balaban J connectivity index is 1.37. The van der Waals surface area contributed by atoms with Crippen LogP contribution in [0.4, 0.5) is 0 Å². The zero-order valence-corrected chi connectivity index (χ0v) is 17.4. The van der Waals surface area contributed by atoms with Crippen molar-refractivity contribution in [1.29, 1.82) is 0 Å². The third-order valence-electron chi connectivity index (χ3n) is 7.11. The summed E-state index contributed by atoms with van der Waals surface area (Å²) in [5.74, 6) is 1.18. The molecule has 2 saturated heterocycles. The van der Waals surface area contributed by atoms with Gasteiger partial charge in [0.25, 0.3) is 5.91 Å². The third-order valence-corrected chi connectivity index (χ3v) is 7.11. The van der Waals surface area contributed by atoms with Crippen molar-refractivity contribution in [3.63, 3.8) is 0 Å². The molecule has 1 aromatic rings. The molecule has 3 amide bonds. The van der Waals surface area contributed by atoms with Crippen molar-refractivity contribution in [2.24, 2.45) is 11.8 Å². The molecular weight excluding hydrogens is 366 g/mol. The molecule has 4 atom stereocenters. The van der Waals surface area contributed by atoms with Crippen molar-refractivity contribution in [3.05, 3.63) is 35.4 Å². The van der Waals surface area contributed by atoms with E-state index in [0.717, 1.165) is 31.2 Å². The highest BCUT2D eigenvalue weighted by Gasteiger charge is 2.41. The standard InChI is InChI=1S/C23H31N3O3/c1-15-5-3-6-19(16(15)2)24-22(28)18-10-8-17(9-11-18)13-25-14-21(27)26-12-4-7-20(26)23(25)29/h8-11,15-16,19-20H,3-7,12-14H2,1-2H3,(H,24,28)/t15-,16-,19+,20-/m1/s1. The van der Waals surface area contributed by atoms with E-state index in [1.807, 2.05) is 24.3 Å². The average Bonchev–Trinajstić information content (AvgIpc) is 3.21. The fourth-order valence-electron chi connectivity index (χ4n) is 5.02. The SMILES string of the molecule is C[C@@H]1[C@H](C)CCC[C@@H]1NC(=O)c1ccc(CN2CC(=O)N3CCC[C@@H]3C2=O)cc1. The summed E-state index contributed by atoms with van der Waals surface area (Å²) in [7, 11) is 0. The number of hydrogen-bond acceptors (Lipinski definition) is 3. The number of hydrogen-bond donors (Lipinski definition) is 1. The minimum Gasteiger partial charge on any atom is -0.349 e. The van der Waals surface area contributed by atoms with Gasteiger partial charge in [0.2, 0.25) is 11.8 Å². The van der Waals surface area contributed by atoms with Gasteiger partial charge in [-0.2, -0.15) is 0 Å². The Labute approximate surface area is 172 Å². The first kappa shape index (κ1) is 19.9. The number of nitrogens with one attached hydrogen (secondary N) is 1. The molecule has 0 bridgehead atoms. The maximum absolute atomic E-state index is 12.7. The molecule has 1 N–H and O–H groups in total. The number of rotatable bonds is 4. The van der Waals surface area contributed by atoms with E-state index in [9.17, 15) is 14.4 Å². The highest BCUT2D eigenvalue weighted by atomic mass is 16.2. The average molecular weight is 398 g/mol. The second-order valence-corrected chi connectivity index (χ2v) is 8.98. The number of carbonyl (C=O) groups is 3. The predicted molar refractivity (Wildman–Crippen MR) is 110 cm³/mol. The molecule has 4 rings (SSSR count). The molecule has 6 heteroatoms. The summed E-state index contributed by atoms with van der Waals surface area (Å²) in [6.07, 6.45) is 5.10. The molecular formula is C23H31N3O3. The quantitative estimate of drug-likeness (QED) is 0.849. The Kier molecular flexibility index (Phi) is 5.61. The van der Waals surface area contributed by atoms with Gasteiger partial charge in [0.05, 0.1) is 0 Å². The number of fused-ring (bicyclic) bond motifs is 1. The molecule has 1 aliphatic carbocycles. The van der Waals surface area contributed by atoms with Crippen LogP contribution in [0.15, 0.2) is 24.3 Å². The molecule has 0 spiro atoms. The topological polar surface area (TPSA) is 69.7 Å². The molecule has 29 heavy (non-hydrogen) atoms. The van der Waals surface area contributed by atoms with Crippen LogP contribution in [0.5, 0.6) is 0 Å². The van der Waals surface area contributed by atoms with E-state index in [1.54, 1.807) is 9.80 Å². The Morgan fingerprint density at radius 3 is 2.59 bits per heavy atom. The maximum Gasteiger partial charge on any atom is 0.251 e. The van der Waals surface area contributed by atoms with Crippen molar-refractivity contribution in [2.45, 2.75) is 64.6 Å². The number of carbonyl (C=O) groups excluding carboxylic acids is 3. The molecule has 1 saturated carbocycles. The van der Waals surface area contributed by atoms with Crippen LogP contribution in [0.1, 0.15) is 61.9 Å². The van der Waals surface area contributed by atoms with Gasteiger partial charge in [-0.15, -0.1) is 0 Å². The van der Waals surface area contributed by atoms with E-state index in [0.29, 0.717) is 30.5 Å². The van der Waals surface area contributed by atoms with Gasteiger partial charge in [-0.1, -0.05) is 38.8 Å². The van der Waals surface area contributed by atoms with Crippen molar-refractivity contribution in [3.8, 4) is 0 Å². The van der Waals surface area contributed by atoms with Crippen LogP contribution in [0.3, 0.4) is 0 Å². The van der Waals surface area contributed by atoms with E-state index >= 15 is 0 Å². The van der Waals surface area contributed by atoms with Crippen LogP contribution in [0.25, 0.3) is 0 Å². The lowest BCUT2D eigenvalue weighted by molar-refractivity contribution is -0.154. The van der Waals surface area contributed by atoms with Crippen LogP contribution < -0.4 is 5.32 Å². The largest absolute Gasteiger partial charge is 0.349 e. The van der Waals surface area contributed by atoms with E-state index in [1.165, 1.54) is 6.42 Å². The fourth-order valence-corrected chi connectivity index (χ4v) is 5.02. The molecule has 2 aliphatic heterocycles. The van der Waals surface area contributed by atoms with Crippen LogP contribution in [-0.2, 0) is 16.1 Å². The second kappa shape index (κ2) is 8.17. The van der Waals surface area contributed by atoms with E-state index in [2.05, 4.69) is 19.2 Å². The van der Waals surface area contributed by atoms with Crippen LogP contribution in [0, 0.1) is 11.8 Å². The summed E-state index contributed by atoms with van der Waals surface area (Å²) in [6.45, 7) is 5.74. The highest BCUT2D eigenvalue weighted by Crippen LogP contribution is 2.29. The number of amides is 3. The van der Waals surface area contributed by atoms with Gasteiger partial charge in [0, 0.05) is 24.7 Å². The molecule has 3 fully saturated rings. The molecule has 156 valence electrons. The minimum atomic E-state index is -0.277. The summed E-state index contributed by atoms with van der Waals surface area (Å²) >= 11 is 0. The highest BCUT2D eigenvalue weighted by molar-refractivity contribution is 5.95. The van der Waals surface area contributed by atoms with Gasteiger partial charge in [-0.3, -0.25) is 14.4 Å².